The quantitative estimate of drug-likeness (QED) is 0.606. The lowest BCUT2D eigenvalue weighted by Crippen LogP contribution is -2.16. The van der Waals surface area contributed by atoms with E-state index in [1.807, 2.05) is 38.1 Å². The number of rotatable bonds is 2. The van der Waals surface area contributed by atoms with Crippen LogP contribution in [-0.2, 0) is 7.05 Å². The van der Waals surface area contributed by atoms with E-state index in [9.17, 15) is 9.59 Å². The molecule has 26 heavy (non-hydrogen) atoms. The van der Waals surface area contributed by atoms with Crippen LogP contribution in [-0.4, -0.2) is 19.9 Å². The maximum atomic E-state index is 12.8. The molecule has 6 nitrogen and oxygen atoms in total. The SMILES string of the molecule is Cc1cc(C)cc(NC(=O)c2cc3c(=O)n4ccccc4nc3n2C)c1. The van der Waals surface area contributed by atoms with E-state index in [1.54, 1.807) is 36.0 Å². The molecule has 4 aromatic rings. The van der Waals surface area contributed by atoms with Crippen molar-refractivity contribution in [2.24, 2.45) is 7.05 Å². The maximum Gasteiger partial charge on any atom is 0.272 e. The van der Waals surface area contributed by atoms with Gasteiger partial charge in [-0.05, 0) is 55.3 Å². The Balaban J connectivity index is 1.82. The number of nitrogens with zero attached hydrogens (tertiary/aromatic N) is 3. The molecule has 1 aromatic carbocycles. The predicted molar refractivity (Wildman–Crippen MR) is 102 cm³/mol. The summed E-state index contributed by atoms with van der Waals surface area (Å²) in [5.74, 6) is -0.274. The lowest BCUT2D eigenvalue weighted by atomic mass is 10.1. The molecule has 0 atom stereocenters. The van der Waals surface area contributed by atoms with Crippen molar-refractivity contribution in [2.75, 3.05) is 5.32 Å². The molecule has 0 bridgehead atoms. The minimum absolute atomic E-state index is 0.188. The lowest BCUT2D eigenvalue weighted by Gasteiger charge is -2.08. The van der Waals surface area contributed by atoms with Crippen molar-refractivity contribution in [2.45, 2.75) is 13.8 Å². The number of hydrogen-bond donors (Lipinski definition) is 1. The first-order valence-corrected chi connectivity index (χ1v) is 8.30. The van der Waals surface area contributed by atoms with Crippen molar-refractivity contribution in [3.05, 3.63) is 75.8 Å². The van der Waals surface area contributed by atoms with Gasteiger partial charge >= 0.3 is 0 Å². The van der Waals surface area contributed by atoms with Crippen molar-refractivity contribution < 1.29 is 4.79 Å². The van der Waals surface area contributed by atoms with Crippen LogP contribution in [0.3, 0.4) is 0 Å². The van der Waals surface area contributed by atoms with E-state index in [0.717, 1.165) is 16.8 Å². The number of amides is 1. The van der Waals surface area contributed by atoms with Crippen LogP contribution in [0, 0.1) is 13.8 Å². The average molecular weight is 346 g/mol. The van der Waals surface area contributed by atoms with Crippen LogP contribution in [0.5, 0.6) is 0 Å². The Hall–Kier alpha value is -3.41. The van der Waals surface area contributed by atoms with Gasteiger partial charge in [0, 0.05) is 18.9 Å². The molecule has 0 saturated carbocycles. The van der Waals surface area contributed by atoms with Gasteiger partial charge in [0.1, 0.15) is 17.0 Å². The monoisotopic (exact) mass is 346 g/mol. The molecule has 0 aliphatic heterocycles. The molecule has 3 heterocycles. The Morgan fingerprint density at radius 3 is 2.54 bits per heavy atom. The largest absolute Gasteiger partial charge is 0.324 e. The predicted octanol–water partition coefficient (Wildman–Crippen LogP) is 3.06. The van der Waals surface area contributed by atoms with Gasteiger partial charge in [0.25, 0.3) is 11.5 Å². The molecule has 0 radical (unpaired) electrons. The second-order valence-corrected chi connectivity index (χ2v) is 6.50. The molecule has 1 amide bonds. The third-order valence-electron chi connectivity index (χ3n) is 4.42. The summed E-state index contributed by atoms with van der Waals surface area (Å²) in [7, 11) is 1.74. The normalized spacial score (nSPS) is 11.2. The van der Waals surface area contributed by atoms with Crippen LogP contribution in [0.15, 0.2) is 53.5 Å². The molecule has 0 aliphatic rings. The van der Waals surface area contributed by atoms with Crippen molar-refractivity contribution in [1.29, 1.82) is 0 Å². The van der Waals surface area contributed by atoms with Gasteiger partial charge in [-0.2, -0.15) is 0 Å². The summed E-state index contributed by atoms with van der Waals surface area (Å²) in [6.07, 6.45) is 1.67. The molecule has 0 spiro atoms. The van der Waals surface area contributed by atoms with E-state index >= 15 is 0 Å². The Morgan fingerprint density at radius 2 is 1.81 bits per heavy atom. The van der Waals surface area contributed by atoms with E-state index in [4.69, 9.17) is 0 Å². The molecule has 0 aliphatic carbocycles. The van der Waals surface area contributed by atoms with Gasteiger partial charge in [-0.15, -0.1) is 0 Å². The van der Waals surface area contributed by atoms with Crippen LogP contribution in [0.2, 0.25) is 0 Å². The van der Waals surface area contributed by atoms with Gasteiger partial charge in [0.15, 0.2) is 0 Å². The van der Waals surface area contributed by atoms with Crippen molar-refractivity contribution in [3.63, 3.8) is 0 Å². The van der Waals surface area contributed by atoms with Crippen LogP contribution < -0.4 is 10.9 Å². The van der Waals surface area contributed by atoms with Crippen molar-refractivity contribution in [3.8, 4) is 0 Å². The minimum atomic E-state index is -0.274. The molecule has 0 unspecified atom stereocenters. The second kappa shape index (κ2) is 5.84. The molecule has 3 aromatic heterocycles. The Bertz CT molecular complexity index is 1210. The summed E-state index contributed by atoms with van der Waals surface area (Å²) in [6, 6.07) is 12.8. The Kier molecular flexibility index (Phi) is 3.61. The standard InChI is InChI=1S/C20H18N4O2/c1-12-8-13(2)10-14(9-12)21-19(25)16-11-15-18(23(16)3)22-17-6-4-5-7-24(17)20(15)26/h4-11H,1-3H3,(H,21,25). The van der Waals surface area contributed by atoms with E-state index in [0.29, 0.717) is 22.4 Å². The zero-order valence-electron chi connectivity index (χ0n) is 14.8. The molecule has 4 rings (SSSR count). The third-order valence-corrected chi connectivity index (χ3v) is 4.42. The number of fused-ring (bicyclic) bond motifs is 2. The number of benzene rings is 1. The van der Waals surface area contributed by atoms with Crippen molar-refractivity contribution in [1.82, 2.24) is 14.0 Å². The second-order valence-electron chi connectivity index (χ2n) is 6.50. The lowest BCUT2D eigenvalue weighted by molar-refractivity contribution is 0.101. The third kappa shape index (κ3) is 2.56. The van der Waals surface area contributed by atoms with Gasteiger partial charge in [0.05, 0.1) is 5.39 Å². The highest BCUT2D eigenvalue weighted by Gasteiger charge is 2.17. The Morgan fingerprint density at radius 1 is 1.08 bits per heavy atom. The van der Waals surface area contributed by atoms with Crippen LogP contribution in [0.4, 0.5) is 5.69 Å². The topological polar surface area (TPSA) is 68.4 Å². The van der Waals surface area contributed by atoms with Crippen LogP contribution in [0.25, 0.3) is 16.7 Å². The number of aromatic nitrogens is 3. The van der Waals surface area contributed by atoms with Gasteiger partial charge in [-0.1, -0.05) is 12.1 Å². The highest BCUT2D eigenvalue weighted by Crippen LogP contribution is 2.18. The zero-order valence-corrected chi connectivity index (χ0v) is 14.8. The van der Waals surface area contributed by atoms with Crippen LogP contribution in [0.1, 0.15) is 21.6 Å². The number of anilines is 1. The summed E-state index contributed by atoms with van der Waals surface area (Å²) in [6.45, 7) is 3.96. The summed E-state index contributed by atoms with van der Waals surface area (Å²) in [5.41, 5.74) is 4.12. The first kappa shape index (κ1) is 16.1. The van der Waals surface area contributed by atoms with E-state index in [-0.39, 0.29) is 11.5 Å². The Labute approximate surface area is 149 Å². The smallest absolute Gasteiger partial charge is 0.272 e. The van der Waals surface area contributed by atoms with E-state index < -0.39 is 0 Å². The molecular weight excluding hydrogens is 328 g/mol. The molecule has 0 saturated heterocycles. The molecule has 130 valence electrons. The summed E-state index contributed by atoms with van der Waals surface area (Å²) < 4.78 is 3.13. The fourth-order valence-corrected chi connectivity index (χ4v) is 3.28. The van der Waals surface area contributed by atoms with Gasteiger partial charge in [0.2, 0.25) is 0 Å². The number of carbonyl (C=O) groups is 1. The molecule has 6 heteroatoms. The number of hydrogen-bond acceptors (Lipinski definition) is 3. The number of nitrogens with one attached hydrogen (secondary N) is 1. The average Bonchev–Trinajstić information content (AvgIpc) is 2.92. The first-order chi connectivity index (χ1) is 12.4. The van der Waals surface area contributed by atoms with Gasteiger partial charge in [-0.25, -0.2) is 4.98 Å². The van der Waals surface area contributed by atoms with E-state index in [2.05, 4.69) is 10.3 Å². The number of pyridine rings is 1. The van der Waals surface area contributed by atoms with E-state index in [1.165, 1.54) is 4.40 Å². The van der Waals surface area contributed by atoms with Gasteiger partial charge < -0.3 is 9.88 Å². The number of carbonyl (C=O) groups excluding carboxylic acids is 1. The number of aryl methyl sites for hydroxylation is 3. The highest BCUT2D eigenvalue weighted by molar-refractivity contribution is 6.06. The summed E-state index contributed by atoms with van der Waals surface area (Å²) >= 11 is 0. The summed E-state index contributed by atoms with van der Waals surface area (Å²) in [5, 5.41) is 3.32. The zero-order chi connectivity index (χ0) is 18.4. The highest BCUT2D eigenvalue weighted by atomic mass is 16.2. The maximum absolute atomic E-state index is 12.8. The molecule has 0 fully saturated rings. The van der Waals surface area contributed by atoms with Crippen molar-refractivity contribution >= 4 is 28.3 Å². The molecule has 1 N–H and O–H groups in total. The first-order valence-electron chi connectivity index (χ1n) is 8.30. The fourth-order valence-electron chi connectivity index (χ4n) is 3.28. The van der Waals surface area contributed by atoms with Crippen LogP contribution >= 0.6 is 0 Å². The fraction of sp³-hybridized carbons (Fsp3) is 0.150. The summed E-state index contributed by atoms with van der Waals surface area (Å²) in [4.78, 5) is 30.0. The van der Waals surface area contributed by atoms with Gasteiger partial charge in [-0.3, -0.25) is 14.0 Å². The molecular formula is C20H18N4O2. The minimum Gasteiger partial charge on any atom is -0.324 e.